The van der Waals surface area contributed by atoms with Crippen molar-refractivity contribution >= 4 is 15.9 Å². The van der Waals surface area contributed by atoms with Crippen molar-refractivity contribution in [2.75, 3.05) is 6.61 Å². The molecule has 1 aromatic carbocycles. The van der Waals surface area contributed by atoms with Crippen LogP contribution < -0.4 is 4.74 Å². The summed E-state index contributed by atoms with van der Waals surface area (Å²) in [4.78, 5) is 0. The second-order valence-electron chi connectivity index (χ2n) is 3.99. The van der Waals surface area contributed by atoms with Gasteiger partial charge < -0.3 is 4.74 Å². The lowest BCUT2D eigenvalue weighted by Crippen LogP contribution is -2.08. The Hall–Kier alpha value is -1.01. The number of nitrogens with zero attached hydrogens (tertiary/aromatic N) is 1. The van der Waals surface area contributed by atoms with E-state index in [4.69, 9.17) is 10.00 Å². The van der Waals surface area contributed by atoms with Crippen molar-refractivity contribution in [1.82, 2.24) is 0 Å². The highest BCUT2D eigenvalue weighted by atomic mass is 79.9. The molecule has 2 nitrogen and oxygen atoms in total. The van der Waals surface area contributed by atoms with Gasteiger partial charge in [0.05, 0.1) is 18.2 Å². The van der Waals surface area contributed by atoms with Crippen molar-refractivity contribution in [3.05, 3.63) is 28.2 Å². The monoisotopic (exact) mass is 281 g/mol. The molecule has 0 aliphatic rings. The quantitative estimate of drug-likeness (QED) is 0.813. The van der Waals surface area contributed by atoms with Crippen LogP contribution in [-0.4, -0.2) is 6.61 Å². The van der Waals surface area contributed by atoms with Crippen molar-refractivity contribution in [2.45, 2.75) is 26.7 Å². The number of hydrogen-bond acceptors (Lipinski definition) is 2. The number of nitriles is 1. The molecule has 1 atom stereocenters. The summed E-state index contributed by atoms with van der Waals surface area (Å²) in [6, 6.07) is 7.55. The average Bonchev–Trinajstić information content (AvgIpc) is 2.26. The highest BCUT2D eigenvalue weighted by Gasteiger charge is 2.04. The van der Waals surface area contributed by atoms with Crippen LogP contribution in [0.15, 0.2) is 22.7 Å². The SMILES string of the molecule is CCCC(C)COc1cc(Br)cc(C#N)c1. The minimum Gasteiger partial charge on any atom is -0.493 e. The molecule has 0 saturated heterocycles. The number of halogens is 1. The molecule has 16 heavy (non-hydrogen) atoms. The van der Waals surface area contributed by atoms with Crippen LogP contribution in [0.25, 0.3) is 0 Å². The number of hydrogen-bond donors (Lipinski definition) is 0. The summed E-state index contributed by atoms with van der Waals surface area (Å²) in [5.74, 6) is 1.31. The van der Waals surface area contributed by atoms with Gasteiger partial charge in [-0.15, -0.1) is 0 Å². The summed E-state index contributed by atoms with van der Waals surface area (Å²) in [5, 5.41) is 8.82. The van der Waals surface area contributed by atoms with Crippen molar-refractivity contribution in [3.8, 4) is 11.8 Å². The molecule has 0 fully saturated rings. The molecule has 0 bridgehead atoms. The van der Waals surface area contributed by atoms with E-state index in [9.17, 15) is 0 Å². The lowest BCUT2D eigenvalue weighted by atomic mass is 10.1. The third-order valence-electron chi connectivity index (χ3n) is 2.32. The molecular weight excluding hydrogens is 266 g/mol. The van der Waals surface area contributed by atoms with Crippen molar-refractivity contribution in [2.24, 2.45) is 5.92 Å². The van der Waals surface area contributed by atoms with Gasteiger partial charge in [0, 0.05) is 4.47 Å². The van der Waals surface area contributed by atoms with Gasteiger partial charge in [0.1, 0.15) is 5.75 Å². The maximum atomic E-state index is 8.82. The Labute approximate surface area is 105 Å². The zero-order valence-corrected chi connectivity index (χ0v) is 11.3. The molecule has 1 rings (SSSR count). The first kappa shape index (κ1) is 13.1. The molecule has 1 unspecified atom stereocenters. The van der Waals surface area contributed by atoms with E-state index in [-0.39, 0.29) is 0 Å². The predicted molar refractivity (Wildman–Crippen MR) is 68.4 cm³/mol. The van der Waals surface area contributed by atoms with Crippen LogP contribution in [0, 0.1) is 17.2 Å². The number of rotatable bonds is 5. The Balaban J connectivity index is 2.60. The summed E-state index contributed by atoms with van der Waals surface area (Å²) in [7, 11) is 0. The zero-order valence-electron chi connectivity index (χ0n) is 9.66. The fourth-order valence-electron chi connectivity index (χ4n) is 1.53. The Kier molecular flexibility index (Phi) is 5.34. The molecule has 0 heterocycles. The molecular formula is C13H16BrNO. The smallest absolute Gasteiger partial charge is 0.121 e. The van der Waals surface area contributed by atoms with E-state index < -0.39 is 0 Å². The molecule has 0 aliphatic heterocycles. The van der Waals surface area contributed by atoms with Crippen LogP contribution >= 0.6 is 15.9 Å². The molecule has 0 N–H and O–H groups in total. The summed E-state index contributed by atoms with van der Waals surface area (Å²) in [6.45, 7) is 5.05. The Morgan fingerprint density at radius 2 is 2.19 bits per heavy atom. The van der Waals surface area contributed by atoms with Crippen LogP contribution in [0.5, 0.6) is 5.75 Å². The molecule has 0 aliphatic carbocycles. The fourth-order valence-corrected chi connectivity index (χ4v) is 2.00. The highest BCUT2D eigenvalue weighted by Crippen LogP contribution is 2.22. The molecule has 3 heteroatoms. The van der Waals surface area contributed by atoms with Crippen LogP contribution in [-0.2, 0) is 0 Å². The van der Waals surface area contributed by atoms with Crippen LogP contribution in [0.2, 0.25) is 0 Å². The second kappa shape index (κ2) is 6.55. The van der Waals surface area contributed by atoms with E-state index in [1.807, 2.05) is 6.07 Å². The van der Waals surface area contributed by atoms with Crippen LogP contribution in [0.4, 0.5) is 0 Å². The standard InChI is InChI=1S/C13H16BrNO/c1-3-4-10(2)9-16-13-6-11(8-15)5-12(14)7-13/h5-7,10H,3-4,9H2,1-2H3. The minimum absolute atomic E-state index is 0.550. The van der Waals surface area contributed by atoms with Gasteiger partial charge in [0.25, 0.3) is 0 Å². The summed E-state index contributed by atoms with van der Waals surface area (Å²) >= 11 is 3.36. The predicted octanol–water partition coefficient (Wildman–Crippen LogP) is 4.14. The molecule has 0 aromatic heterocycles. The first-order valence-corrected chi connectivity index (χ1v) is 6.28. The van der Waals surface area contributed by atoms with Gasteiger partial charge in [-0.1, -0.05) is 36.2 Å². The first-order valence-electron chi connectivity index (χ1n) is 5.49. The second-order valence-corrected chi connectivity index (χ2v) is 4.91. The number of benzene rings is 1. The van der Waals surface area contributed by atoms with Gasteiger partial charge in [0.2, 0.25) is 0 Å². The third kappa shape index (κ3) is 4.24. The maximum Gasteiger partial charge on any atom is 0.121 e. The first-order chi connectivity index (χ1) is 7.65. The lowest BCUT2D eigenvalue weighted by Gasteiger charge is -2.12. The molecule has 1 aromatic rings. The topological polar surface area (TPSA) is 33.0 Å². The van der Waals surface area contributed by atoms with E-state index >= 15 is 0 Å². The summed E-state index contributed by atoms with van der Waals surface area (Å²) in [6.07, 6.45) is 2.34. The average molecular weight is 282 g/mol. The van der Waals surface area contributed by atoms with Crippen LogP contribution in [0.3, 0.4) is 0 Å². The van der Waals surface area contributed by atoms with Crippen molar-refractivity contribution in [3.63, 3.8) is 0 Å². The van der Waals surface area contributed by atoms with Gasteiger partial charge in [-0.05, 0) is 30.5 Å². The van der Waals surface area contributed by atoms with E-state index in [1.165, 1.54) is 12.8 Å². The van der Waals surface area contributed by atoms with Crippen molar-refractivity contribution < 1.29 is 4.74 Å². The normalized spacial score (nSPS) is 11.9. The minimum atomic E-state index is 0.550. The van der Waals surface area contributed by atoms with Gasteiger partial charge in [-0.25, -0.2) is 0 Å². The molecule has 0 radical (unpaired) electrons. The molecule has 0 saturated carbocycles. The third-order valence-corrected chi connectivity index (χ3v) is 2.77. The highest BCUT2D eigenvalue weighted by molar-refractivity contribution is 9.10. The van der Waals surface area contributed by atoms with Gasteiger partial charge >= 0.3 is 0 Å². The molecule has 0 spiro atoms. The fraction of sp³-hybridized carbons (Fsp3) is 0.462. The Morgan fingerprint density at radius 1 is 1.44 bits per heavy atom. The van der Waals surface area contributed by atoms with Gasteiger partial charge in [0.15, 0.2) is 0 Å². The maximum absolute atomic E-state index is 8.82. The van der Waals surface area contributed by atoms with E-state index in [0.29, 0.717) is 18.1 Å². The van der Waals surface area contributed by atoms with Gasteiger partial charge in [-0.3, -0.25) is 0 Å². The number of ether oxygens (including phenoxy) is 1. The zero-order chi connectivity index (χ0) is 12.0. The Bertz CT molecular complexity index is 384. The largest absolute Gasteiger partial charge is 0.493 e. The molecule has 86 valence electrons. The van der Waals surface area contributed by atoms with E-state index in [1.54, 1.807) is 12.1 Å². The Morgan fingerprint density at radius 3 is 2.81 bits per heavy atom. The van der Waals surface area contributed by atoms with Gasteiger partial charge in [-0.2, -0.15) is 5.26 Å². The summed E-state index contributed by atoms with van der Waals surface area (Å²) in [5.41, 5.74) is 0.618. The van der Waals surface area contributed by atoms with E-state index in [2.05, 4.69) is 35.8 Å². The summed E-state index contributed by atoms with van der Waals surface area (Å²) < 4.78 is 6.54. The molecule has 0 amide bonds. The van der Waals surface area contributed by atoms with E-state index in [0.717, 1.165) is 10.2 Å². The lowest BCUT2D eigenvalue weighted by molar-refractivity contribution is 0.251. The van der Waals surface area contributed by atoms with Crippen LogP contribution in [0.1, 0.15) is 32.3 Å². The van der Waals surface area contributed by atoms with Crippen molar-refractivity contribution in [1.29, 1.82) is 5.26 Å².